The zero-order valence-corrected chi connectivity index (χ0v) is 16.8. The molecule has 0 saturated carbocycles. The van der Waals surface area contributed by atoms with Gasteiger partial charge in [0.25, 0.3) is 11.8 Å². The summed E-state index contributed by atoms with van der Waals surface area (Å²) in [4.78, 5) is 27.3. The second kappa shape index (κ2) is 8.02. The Kier molecular flexibility index (Phi) is 5.25. The van der Waals surface area contributed by atoms with E-state index in [2.05, 4.69) is 5.32 Å². The Balaban J connectivity index is 1.83. The molecule has 31 heavy (non-hydrogen) atoms. The lowest BCUT2D eigenvalue weighted by atomic mass is 10.0. The SMILES string of the molecule is COc1cccc(NC2=C(c3ccc(C)cc3)C(=O)N(c3ccc(F)cc3F)C2=O)c1. The molecule has 156 valence electrons. The van der Waals surface area contributed by atoms with Gasteiger partial charge in [-0.2, -0.15) is 0 Å². The number of nitrogens with one attached hydrogen (secondary N) is 1. The van der Waals surface area contributed by atoms with Crippen LogP contribution in [0, 0.1) is 18.6 Å². The topological polar surface area (TPSA) is 58.6 Å². The number of aryl methyl sites for hydroxylation is 1. The first-order valence-electron chi connectivity index (χ1n) is 9.45. The number of methoxy groups -OCH3 is 1. The average molecular weight is 420 g/mol. The van der Waals surface area contributed by atoms with E-state index in [4.69, 9.17) is 4.74 Å². The molecule has 0 atom stereocenters. The minimum atomic E-state index is -1.01. The van der Waals surface area contributed by atoms with E-state index >= 15 is 0 Å². The molecule has 0 aliphatic carbocycles. The number of rotatable bonds is 5. The largest absolute Gasteiger partial charge is 0.497 e. The standard InChI is InChI=1S/C24H18F2N2O3/c1-14-6-8-15(9-7-14)21-22(27-17-4-3-5-18(13-17)31-2)24(30)28(23(21)29)20-11-10-16(25)12-19(20)26/h3-13,27H,1-2H3. The minimum absolute atomic E-state index is 0.00849. The van der Waals surface area contributed by atoms with Crippen molar-refractivity contribution in [1.82, 2.24) is 0 Å². The van der Waals surface area contributed by atoms with Crippen LogP contribution in [0.4, 0.5) is 20.2 Å². The van der Waals surface area contributed by atoms with Crippen molar-refractivity contribution in [2.75, 3.05) is 17.3 Å². The molecule has 1 aliphatic heterocycles. The van der Waals surface area contributed by atoms with Gasteiger partial charge in [-0.3, -0.25) is 9.59 Å². The van der Waals surface area contributed by atoms with Crippen molar-refractivity contribution >= 4 is 28.8 Å². The second-order valence-electron chi connectivity index (χ2n) is 7.01. The lowest BCUT2D eigenvalue weighted by Gasteiger charge is -2.16. The lowest BCUT2D eigenvalue weighted by Crippen LogP contribution is -2.33. The van der Waals surface area contributed by atoms with Gasteiger partial charge in [0, 0.05) is 17.8 Å². The summed E-state index contributed by atoms with van der Waals surface area (Å²) in [6.07, 6.45) is 0. The third-order valence-corrected chi connectivity index (χ3v) is 4.91. The van der Waals surface area contributed by atoms with Gasteiger partial charge in [0.15, 0.2) is 0 Å². The first-order chi connectivity index (χ1) is 14.9. The summed E-state index contributed by atoms with van der Waals surface area (Å²) in [6, 6.07) is 16.6. The van der Waals surface area contributed by atoms with Gasteiger partial charge in [-0.15, -0.1) is 0 Å². The third-order valence-electron chi connectivity index (χ3n) is 4.91. The number of amides is 2. The molecule has 7 heteroatoms. The monoisotopic (exact) mass is 420 g/mol. The fourth-order valence-corrected chi connectivity index (χ4v) is 3.36. The fraction of sp³-hybridized carbons (Fsp3) is 0.0833. The molecule has 1 heterocycles. The van der Waals surface area contributed by atoms with Crippen LogP contribution in [-0.2, 0) is 9.59 Å². The van der Waals surface area contributed by atoms with E-state index in [9.17, 15) is 18.4 Å². The van der Waals surface area contributed by atoms with Gasteiger partial charge in [-0.1, -0.05) is 35.9 Å². The molecule has 3 aromatic rings. The molecule has 2 amide bonds. The Bertz CT molecular complexity index is 1220. The van der Waals surface area contributed by atoms with Crippen LogP contribution in [0.5, 0.6) is 5.75 Å². The number of carbonyl (C=O) groups excluding carboxylic acids is 2. The van der Waals surface area contributed by atoms with E-state index in [0.29, 0.717) is 28.0 Å². The molecule has 5 nitrogen and oxygen atoms in total. The van der Waals surface area contributed by atoms with Crippen molar-refractivity contribution in [1.29, 1.82) is 0 Å². The first-order valence-corrected chi connectivity index (χ1v) is 9.45. The van der Waals surface area contributed by atoms with E-state index in [1.807, 2.05) is 19.1 Å². The van der Waals surface area contributed by atoms with Crippen LogP contribution in [-0.4, -0.2) is 18.9 Å². The van der Waals surface area contributed by atoms with Crippen LogP contribution >= 0.6 is 0 Å². The normalized spacial score (nSPS) is 13.7. The minimum Gasteiger partial charge on any atom is -0.497 e. The van der Waals surface area contributed by atoms with Gasteiger partial charge >= 0.3 is 0 Å². The fourth-order valence-electron chi connectivity index (χ4n) is 3.36. The number of nitrogens with zero attached hydrogens (tertiary/aromatic N) is 1. The van der Waals surface area contributed by atoms with E-state index in [0.717, 1.165) is 17.7 Å². The summed E-state index contributed by atoms with van der Waals surface area (Å²) in [5.41, 5.74) is 1.76. The zero-order chi connectivity index (χ0) is 22.1. The number of hydrogen-bond donors (Lipinski definition) is 1. The molecule has 1 aliphatic rings. The third kappa shape index (κ3) is 3.77. The van der Waals surface area contributed by atoms with Gasteiger partial charge in [-0.25, -0.2) is 13.7 Å². The Morgan fingerprint density at radius 3 is 2.32 bits per heavy atom. The molecule has 3 aromatic carbocycles. The van der Waals surface area contributed by atoms with Crippen LogP contribution < -0.4 is 15.0 Å². The highest BCUT2D eigenvalue weighted by molar-refractivity contribution is 6.46. The molecule has 0 aromatic heterocycles. The van der Waals surface area contributed by atoms with Crippen LogP contribution in [0.1, 0.15) is 11.1 Å². The summed E-state index contributed by atoms with van der Waals surface area (Å²) in [6.45, 7) is 1.90. The van der Waals surface area contributed by atoms with Gasteiger partial charge in [-0.05, 0) is 36.8 Å². The van der Waals surface area contributed by atoms with E-state index < -0.39 is 23.4 Å². The highest BCUT2D eigenvalue weighted by atomic mass is 19.1. The predicted octanol–water partition coefficient (Wildman–Crippen LogP) is 4.68. The number of carbonyl (C=O) groups is 2. The quantitative estimate of drug-likeness (QED) is 0.609. The molecule has 1 N–H and O–H groups in total. The number of benzene rings is 3. The lowest BCUT2D eigenvalue weighted by molar-refractivity contribution is -0.120. The predicted molar refractivity (Wildman–Crippen MR) is 114 cm³/mol. The summed E-state index contributed by atoms with van der Waals surface area (Å²) in [7, 11) is 1.51. The van der Waals surface area contributed by atoms with Crippen molar-refractivity contribution in [3.05, 3.63) is 95.2 Å². The van der Waals surface area contributed by atoms with Gasteiger partial charge in [0.2, 0.25) is 0 Å². The second-order valence-corrected chi connectivity index (χ2v) is 7.01. The Morgan fingerprint density at radius 1 is 0.903 bits per heavy atom. The summed E-state index contributed by atoms with van der Waals surface area (Å²) in [5, 5.41) is 2.98. The Labute approximate surface area is 177 Å². The highest BCUT2D eigenvalue weighted by Gasteiger charge is 2.41. The maximum absolute atomic E-state index is 14.4. The molecule has 0 saturated heterocycles. The molecule has 0 bridgehead atoms. The smallest absolute Gasteiger partial charge is 0.282 e. The average Bonchev–Trinajstić information content (AvgIpc) is 2.99. The van der Waals surface area contributed by atoms with E-state index in [1.54, 1.807) is 36.4 Å². The highest BCUT2D eigenvalue weighted by Crippen LogP contribution is 2.35. The van der Waals surface area contributed by atoms with E-state index in [1.165, 1.54) is 7.11 Å². The van der Waals surface area contributed by atoms with Crippen molar-refractivity contribution in [2.45, 2.75) is 6.92 Å². The zero-order valence-electron chi connectivity index (χ0n) is 16.8. The van der Waals surface area contributed by atoms with Crippen molar-refractivity contribution in [3.8, 4) is 5.75 Å². The van der Waals surface area contributed by atoms with E-state index in [-0.39, 0.29) is 17.0 Å². The summed E-state index contributed by atoms with van der Waals surface area (Å²) in [5.74, 6) is -2.70. The van der Waals surface area contributed by atoms with Crippen molar-refractivity contribution in [3.63, 3.8) is 0 Å². The summed E-state index contributed by atoms with van der Waals surface area (Å²) < 4.78 is 33.0. The number of halogens is 2. The molecule has 4 rings (SSSR count). The van der Waals surface area contributed by atoms with Crippen LogP contribution in [0.3, 0.4) is 0 Å². The number of hydrogen-bond acceptors (Lipinski definition) is 4. The van der Waals surface area contributed by atoms with Gasteiger partial charge in [0.1, 0.15) is 23.1 Å². The first kappa shape index (κ1) is 20.3. The Morgan fingerprint density at radius 2 is 1.65 bits per heavy atom. The molecule has 0 unspecified atom stereocenters. The summed E-state index contributed by atoms with van der Waals surface area (Å²) >= 11 is 0. The van der Waals surface area contributed by atoms with Crippen molar-refractivity contribution < 1.29 is 23.1 Å². The Hall–Kier alpha value is -4.00. The van der Waals surface area contributed by atoms with Crippen LogP contribution in [0.15, 0.2) is 72.4 Å². The van der Waals surface area contributed by atoms with Crippen LogP contribution in [0.25, 0.3) is 5.57 Å². The number of anilines is 2. The maximum Gasteiger partial charge on any atom is 0.282 e. The molecule has 0 radical (unpaired) electrons. The van der Waals surface area contributed by atoms with Gasteiger partial charge in [0.05, 0.1) is 18.4 Å². The number of ether oxygens (including phenoxy) is 1. The maximum atomic E-state index is 14.4. The van der Waals surface area contributed by atoms with Crippen LogP contribution in [0.2, 0.25) is 0 Å². The molecular weight excluding hydrogens is 402 g/mol. The molecule has 0 fully saturated rings. The molecular formula is C24H18F2N2O3. The number of imide groups is 1. The van der Waals surface area contributed by atoms with Crippen molar-refractivity contribution in [2.24, 2.45) is 0 Å². The molecule has 0 spiro atoms. The van der Waals surface area contributed by atoms with Gasteiger partial charge < -0.3 is 10.1 Å².